The van der Waals surface area contributed by atoms with Gasteiger partial charge in [-0.25, -0.2) is 0 Å². The van der Waals surface area contributed by atoms with Crippen LogP contribution >= 0.6 is 0 Å². The summed E-state index contributed by atoms with van der Waals surface area (Å²) in [7, 11) is 3.51. The number of methoxy groups -OCH3 is 1. The molecule has 2 nitrogen and oxygen atoms in total. The van der Waals surface area contributed by atoms with E-state index in [1.165, 1.54) is 5.56 Å². The molecule has 66 valence electrons. The molecule has 0 unspecified atom stereocenters. The van der Waals surface area contributed by atoms with Gasteiger partial charge in [0.2, 0.25) is 0 Å². The zero-order valence-electron chi connectivity index (χ0n) is 7.58. The number of likely N-dealkylation sites (N-methyl/N-ethyl adjacent to an activating group) is 1. The van der Waals surface area contributed by atoms with Crippen LogP contribution in [0.25, 0.3) is 5.32 Å². The van der Waals surface area contributed by atoms with Crippen molar-refractivity contribution in [2.24, 2.45) is 0 Å². The summed E-state index contributed by atoms with van der Waals surface area (Å²) in [6.45, 7) is 0.895. The second-order valence-electron chi connectivity index (χ2n) is 2.64. The first kappa shape index (κ1) is 9.07. The molecule has 0 bridgehead atoms. The lowest BCUT2D eigenvalue weighted by Gasteiger charge is -2.10. The van der Waals surface area contributed by atoms with Crippen molar-refractivity contribution in [1.82, 2.24) is 0 Å². The van der Waals surface area contributed by atoms with Crippen LogP contribution in [0.1, 0.15) is 5.56 Å². The van der Waals surface area contributed by atoms with Crippen molar-refractivity contribution in [3.05, 3.63) is 35.1 Å². The Kier molecular flexibility index (Phi) is 3.61. The molecule has 0 amide bonds. The molecule has 0 aromatic heterocycles. The number of ether oxygens (including phenoxy) is 1. The largest absolute Gasteiger partial charge is 0.665 e. The van der Waals surface area contributed by atoms with E-state index in [2.05, 4.69) is 17.4 Å². The molecular weight excluding hydrogens is 150 g/mol. The molecule has 0 saturated heterocycles. The Balaban J connectivity index is 2.53. The minimum Gasteiger partial charge on any atom is -0.665 e. The Hall–Kier alpha value is -1.02. The molecule has 12 heavy (non-hydrogen) atoms. The fourth-order valence-corrected chi connectivity index (χ4v) is 1.03. The summed E-state index contributed by atoms with van der Waals surface area (Å²) in [5, 5.41) is 4.04. The van der Waals surface area contributed by atoms with Crippen LogP contribution in [0.15, 0.2) is 24.3 Å². The summed E-state index contributed by atoms with van der Waals surface area (Å²) in [6.07, 6.45) is 1.01. The van der Waals surface area contributed by atoms with E-state index in [0.29, 0.717) is 0 Å². The van der Waals surface area contributed by atoms with Crippen molar-refractivity contribution in [3.63, 3.8) is 0 Å². The third-order valence-electron chi connectivity index (χ3n) is 1.78. The zero-order chi connectivity index (χ0) is 8.81. The number of benzene rings is 1. The van der Waals surface area contributed by atoms with Crippen LogP contribution in [-0.4, -0.2) is 20.7 Å². The molecule has 1 rings (SSSR count). The van der Waals surface area contributed by atoms with Gasteiger partial charge in [-0.1, -0.05) is 12.1 Å². The predicted octanol–water partition coefficient (Wildman–Crippen LogP) is 2.24. The molecule has 0 aliphatic carbocycles. The Morgan fingerprint density at radius 1 is 1.25 bits per heavy atom. The van der Waals surface area contributed by atoms with Crippen molar-refractivity contribution >= 4 is 0 Å². The van der Waals surface area contributed by atoms with Crippen molar-refractivity contribution in [2.45, 2.75) is 6.42 Å². The highest BCUT2D eigenvalue weighted by Gasteiger charge is 1.90. The second-order valence-corrected chi connectivity index (χ2v) is 2.64. The van der Waals surface area contributed by atoms with Crippen LogP contribution in [-0.2, 0) is 6.42 Å². The van der Waals surface area contributed by atoms with Gasteiger partial charge in [-0.15, -0.1) is 6.54 Å². The lowest BCUT2D eigenvalue weighted by molar-refractivity contribution is 0.414. The van der Waals surface area contributed by atoms with Gasteiger partial charge >= 0.3 is 0 Å². The third-order valence-corrected chi connectivity index (χ3v) is 1.78. The summed E-state index contributed by atoms with van der Waals surface area (Å²) in [6, 6.07) is 8.10. The molecule has 0 aliphatic heterocycles. The van der Waals surface area contributed by atoms with Gasteiger partial charge in [0.25, 0.3) is 0 Å². The standard InChI is InChI=1S/C10H14NO/c1-11-8-7-9-3-5-10(12-2)6-4-9/h3-6H,7-8H2,1-2H3/q-1. The first-order valence-corrected chi connectivity index (χ1v) is 4.05. The lowest BCUT2D eigenvalue weighted by atomic mass is 10.1. The molecule has 0 spiro atoms. The van der Waals surface area contributed by atoms with Crippen LogP contribution in [0.3, 0.4) is 0 Å². The van der Waals surface area contributed by atoms with E-state index in [-0.39, 0.29) is 0 Å². The van der Waals surface area contributed by atoms with Gasteiger partial charge in [0.15, 0.2) is 0 Å². The van der Waals surface area contributed by atoms with Gasteiger partial charge in [-0.2, -0.15) is 7.05 Å². The third kappa shape index (κ3) is 2.55. The summed E-state index contributed by atoms with van der Waals surface area (Å²) in [5.41, 5.74) is 1.31. The summed E-state index contributed by atoms with van der Waals surface area (Å²) < 4.78 is 5.05. The van der Waals surface area contributed by atoms with E-state index in [4.69, 9.17) is 4.74 Å². The molecule has 0 fully saturated rings. The Labute approximate surface area is 73.6 Å². The number of hydrogen-bond donors (Lipinski definition) is 0. The topological polar surface area (TPSA) is 23.3 Å². The van der Waals surface area contributed by atoms with Gasteiger partial charge in [-0.3, -0.25) is 0 Å². The fourth-order valence-electron chi connectivity index (χ4n) is 1.03. The highest BCUT2D eigenvalue weighted by Crippen LogP contribution is 2.11. The van der Waals surface area contributed by atoms with Gasteiger partial charge in [-0.05, 0) is 24.1 Å². The maximum atomic E-state index is 5.05. The zero-order valence-corrected chi connectivity index (χ0v) is 7.58. The van der Waals surface area contributed by atoms with Crippen molar-refractivity contribution < 1.29 is 4.74 Å². The van der Waals surface area contributed by atoms with Crippen molar-refractivity contribution in [3.8, 4) is 5.75 Å². The second kappa shape index (κ2) is 4.78. The van der Waals surface area contributed by atoms with Gasteiger partial charge < -0.3 is 10.1 Å². The highest BCUT2D eigenvalue weighted by molar-refractivity contribution is 5.27. The lowest BCUT2D eigenvalue weighted by Crippen LogP contribution is -1.90. The molecule has 2 heteroatoms. The minimum atomic E-state index is 0.895. The monoisotopic (exact) mass is 164 g/mol. The van der Waals surface area contributed by atoms with E-state index in [9.17, 15) is 0 Å². The van der Waals surface area contributed by atoms with E-state index in [0.717, 1.165) is 18.7 Å². The van der Waals surface area contributed by atoms with E-state index in [1.54, 1.807) is 7.11 Å². The van der Waals surface area contributed by atoms with E-state index < -0.39 is 0 Å². The van der Waals surface area contributed by atoms with Gasteiger partial charge in [0.1, 0.15) is 5.75 Å². The SMILES string of the molecule is C[N-]CCc1ccc(OC)cc1. The average molecular weight is 164 g/mol. The minimum absolute atomic E-state index is 0.895. The maximum Gasteiger partial charge on any atom is 0.118 e. The van der Waals surface area contributed by atoms with E-state index in [1.807, 2.05) is 19.2 Å². The van der Waals surface area contributed by atoms with Gasteiger partial charge in [0, 0.05) is 0 Å². The summed E-state index contributed by atoms with van der Waals surface area (Å²) in [5.74, 6) is 0.909. The summed E-state index contributed by atoms with van der Waals surface area (Å²) in [4.78, 5) is 0. The highest BCUT2D eigenvalue weighted by atomic mass is 16.5. The number of rotatable bonds is 4. The Morgan fingerprint density at radius 3 is 2.42 bits per heavy atom. The van der Waals surface area contributed by atoms with Crippen molar-refractivity contribution in [2.75, 3.05) is 20.7 Å². The molecule has 0 aliphatic rings. The van der Waals surface area contributed by atoms with Crippen LogP contribution in [0, 0.1) is 0 Å². The van der Waals surface area contributed by atoms with Crippen molar-refractivity contribution in [1.29, 1.82) is 0 Å². The molecule has 0 N–H and O–H groups in total. The smallest absolute Gasteiger partial charge is 0.118 e. The Morgan fingerprint density at radius 2 is 1.92 bits per heavy atom. The number of hydrogen-bond acceptors (Lipinski definition) is 1. The maximum absolute atomic E-state index is 5.05. The van der Waals surface area contributed by atoms with Crippen LogP contribution in [0.2, 0.25) is 0 Å². The predicted molar refractivity (Wildman–Crippen MR) is 50.8 cm³/mol. The number of nitrogens with zero attached hydrogens (tertiary/aromatic N) is 1. The molecular formula is C10H14NO-. The normalized spacial score (nSPS) is 9.83. The van der Waals surface area contributed by atoms with E-state index >= 15 is 0 Å². The Bertz CT molecular complexity index is 218. The van der Waals surface area contributed by atoms with Crippen LogP contribution in [0.4, 0.5) is 0 Å². The quantitative estimate of drug-likeness (QED) is 0.669. The molecule has 0 saturated carbocycles. The fraction of sp³-hybridized carbons (Fsp3) is 0.400. The molecule has 1 aromatic rings. The van der Waals surface area contributed by atoms with Gasteiger partial charge in [0.05, 0.1) is 7.11 Å². The average Bonchev–Trinajstić information content (AvgIpc) is 2.15. The molecule has 0 heterocycles. The first-order chi connectivity index (χ1) is 5.86. The first-order valence-electron chi connectivity index (χ1n) is 4.05. The molecule has 0 radical (unpaired) electrons. The van der Waals surface area contributed by atoms with Crippen LogP contribution in [0.5, 0.6) is 5.75 Å². The molecule has 1 aromatic carbocycles. The molecule has 0 atom stereocenters. The summed E-state index contributed by atoms with van der Waals surface area (Å²) >= 11 is 0. The van der Waals surface area contributed by atoms with Crippen LogP contribution < -0.4 is 4.74 Å².